The van der Waals surface area contributed by atoms with Crippen molar-refractivity contribution in [3.8, 4) is 5.69 Å². The zero-order chi connectivity index (χ0) is 18.3. The van der Waals surface area contributed by atoms with Gasteiger partial charge < -0.3 is 0 Å². The highest BCUT2D eigenvalue weighted by molar-refractivity contribution is 7.17. The van der Waals surface area contributed by atoms with Crippen molar-refractivity contribution in [2.75, 3.05) is 0 Å². The highest BCUT2D eigenvalue weighted by atomic mass is 35.5. The van der Waals surface area contributed by atoms with E-state index in [0.29, 0.717) is 20.9 Å². The van der Waals surface area contributed by atoms with E-state index in [1.807, 2.05) is 12.1 Å². The summed E-state index contributed by atoms with van der Waals surface area (Å²) in [5.74, 6) is -0.432. The highest BCUT2D eigenvalue weighted by Gasteiger charge is 2.16. The number of halogens is 2. The van der Waals surface area contributed by atoms with Crippen LogP contribution in [0, 0.1) is 5.82 Å². The van der Waals surface area contributed by atoms with Crippen molar-refractivity contribution in [3.05, 3.63) is 97.2 Å². The largest absolute Gasteiger partial charge is 0.336 e. The SMILES string of the molecule is O=c1c2sccc2n(Cc2cccc(Cl)c2)c(=O)n1-c1ccc(F)cc1. The van der Waals surface area contributed by atoms with E-state index in [0.717, 1.165) is 10.1 Å². The van der Waals surface area contributed by atoms with Crippen LogP contribution in [0.2, 0.25) is 5.02 Å². The number of nitrogens with zero attached hydrogens (tertiary/aromatic N) is 2. The van der Waals surface area contributed by atoms with Gasteiger partial charge in [0.25, 0.3) is 5.56 Å². The van der Waals surface area contributed by atoms with E-state index in [4.69, 9.17) is 11.6 Å². The molecule has 0 aliphatic heterocycles. The Hall–Kier alpha value is -2.70. The van der Waals surface area contributed by atoms with Crippen molar-refractivity contribution >= 4 is 33.2 Å². The van der Waals surface area contributed by atoms with Gasteiger partial charge in [-0.25, -0.2) is 13.8 Å². The molecule has 4 aromatic rings. The summed E-state index contributed by atoms with van der Waals surface area (Å²) in [4.78, 5) is 25.9. The molecule has 26 heavy (non-hydrogen) atoms. The fourth-order valence-electron chi connectivity index (χ4n) is 2.88. The molecule has 4 nitrogen and oxygen atoms in total. The summed E-state index contributed by atoms with van der Waals surface area (Å²) in [5, 5.41) is 2.35. The summed E-state index contributed by atoms with van der Waals surface area (Å²) in [6.45, 7) is 0.272. The molecule has 0 saturated heterocycles. The lowest BCUT2D eigenvalue weighted by molar-refractivity contribution is 0.626. The first-order valence-corrected chi connectivity index (χ1v) is 9.04. The van der Waals surface area contributed by atoms with E-state index in [1.54, 1.807) is 23.6 Å². The van der Waals surface area contributed by atoms with Gasteiger partial charge in [0.15, 0.2) is 0 Å². The number of hydrogen-bond donors (Lipinski definition) is 0. The van der Waals surface area contributed by atoms with E-state index in [2.05, 4.69) is 0 Å². The second-order valence-corrected chi connectivity index (χ2v) is 7.10. The minimum atomic E-state index is -0.479. The molecule has 2 aromatic carbocycles. The molecule has 0 radical (unpaired) electrons. The number of hydrogen-bond acceptors (Lipinski definition) is 3. The summed E-state index contributed by atoms with van der Waals surface area (Å²) < 4.78 is 16.3. The van der Waals surface area contributed by atoms with Gasteiger partial charge in [-0.05, 0) is 53.4 Å². The Kier molecular flexibility index (Phi) is 4.22. The number of fused-ring (bicyclic) bond motifs is 1. The second kappa shape index (κ2) is 6.55. The molecular weight excluding hydrogens is 375 g/mol. The molecule has 2 aromatic heterocycles. The van der Waals surface area contributed by atoms with Crippen LogP contribution >= 0.6 is 22.9 Å². The van der Waals surface area contributed by atoms with Gasteiger partial charge in [0.1, 0.15) is 10.5 Å². The molecule has 0 spiro atoms. The van der Waals surface area contributed by atoms with Crippen LogP contribution in [0.1, 0.15) is 5.56 Å². The monoisotopic (exact) mass is 386 g/mol. The summed E-state index contributed by atoms with van der Waals surface area (Å²) in [6, 6.07) is 14.2. The van der Waals surface area contributed by atoms with Gasteiger partial charge in [-0.1, -0.05) is 23.7 Å². The van der Waals surface area contributed by atoms with Gasteiger partial charge in [0.05, 0.1) is 17.7 Å². The third kappa shape index (κ3) is 2.87. The minimum Gasteiger partial charge on any atom is -0.288 e. The van der Waals surface area contributed by atoms with Crippen LogP contribution in [0.4, 0.5) is 4.39 Å². The second-order valence-electron chi connectivity index (χ2n) is 5.75. The quantitative estimate of drug-likeness (QED) is 0.533. The topological polar surface area (TPSA) is 44.0 Å². The highest BCUT2D eigenvalue weighted by Crippen LogP contribution is 2.18. The van der Waals surface area contributed by atoms with Crippen molar-refractivity contribution in [1.29, 1.82) is 0 Å². The molecule has 0 bridgehead atoms. The predicted molar refractivity (Wildman–Crippen MR) is 102 cm³/mol. The Bertz CT molecular complexity index is 1220. The maximum atomic E-state index is 13.2. The van der Waals surface area contributed by atoms with Crippen molar-refractivity contribution in [2.24, 2.45) is 0 Å². The molecule has 0 saturated carbocycles. The standard InChI is InChI=1S/C19H12ClFN2O2S/c20-13-3-1-2-12(10-13)11-22-16-8-9-26-17(16)18(24)23(19(22)25)15-6-4-14(21)5-7-15/h1-10H,11H2. The fourth-order valence-corrected chi connectivity index (χ4v) is 3.91. The number of rotatable bonds is 3. The first-order chi connectivity index (χ1) is 12.5. The third-order valence-corrected chi connectivity index (χ3v) is 5.20. The van der Waals surface area contributed by atoms with Gasteiger partial charge in [0.2, 0.25) is 0 Å². The molecule has 0 aliphatic carbocycles. The predicted octanol–water partition coefficient (Wildman–Crippen LogP) is 4.05. The average molecular weight is 387 g/mol. The van der Waals surface area contributed by atoms with Crippen molar-refractivity contribution < 1.29 is 4.39 Å². The zero-order valence-corrected chi connectivity index (χ0v) is 14.9. The van der Waals surface area contributed by atoms with E-state index >= 15 is 0 Å². The first kappa shape index (κ1) is 16.8. The molecule has 7 heteroatoms. The Labute approximate surface area is 156 Å². The van der Waals surface area contributed by atoms with Crippen LogP contribution in [0.3, 0.4) is 0 Å². The summed E-state index contributed by atoms with van der Waals surface area (Å²) >= 11 is 7.31. The van der Waals surface area contributed by atoms with Crippen LogP contribution in [-0.2, 0) is 6.54 Å². The van der Waals surface area contributed by atoms with Crippen molar-refractivity contribution in [1.82, 2.24) is 9.13 Å². The van der Waals surface area contributed by atoms with Gasteiger partial charge in [-0.3, -0.25) is 9.36 Å². The lowest BCUT2D eigenvalue weighted by Gasteiger charge is -2.12. The van der Waals surface area contributed by atoms with E-state index in [-0.39, 0.29) is 6.54 Å². The molecule has 0 aliphatic rings. The van der Waals surface area contributed by atoms with Crippen LogP contribution in [0.15, 0.2) is 69.6 Å². The van der Waals surface area contributed by atoms with Crippen molar-refractivity contribution in [2.45, 2.75) is 6.54 Å². The number of benzene rings is 2. The first-order valence-electron chi connectivity index (χ1n) is 7.78. The van der Waals surface area contributed by atoms with Crippen LogP contribution < -0.4 is 11.2 Å². The lowest BCUT2D eigenvalue weighted by atomic mass is 10.2. The van der Waals surface area contributed by atoms with Gasteiger partial charge in [0, 0.05) is 5.02 Å². The Morgan fingerprint density at radius 3 is 2.54 bits per heavy atom. The van der Waals surface area contributed by atoms with Crippen molar-refractivity contribution in [3.63, 3.8) is 0 Å². The van der Waals surface area contributed by atoms with E-state index in [9.17, 15) is 14.0 Å². The molecule has 0 N–H and O–H groups in total. The molecule has 130 valence electrons. The fraction of sp³-hybridized carbons (Fsp3) is 0.0526. The summed E-state index contributed by atoms with van der Waals surface area (Å²) in [7, 11) is 0. The van der Waals surface area contributed by atoms with E-state index in [1.165, 1.54) is 40.2 Å². The number of aromatic nitrogens is 2. The van der Waals surface area contributed by atoms with Gasteiger partial charge in [-0.2, -0.15) is 0 Å². The van der Waals surface area contributed by atoms with Crippen LogP contribution in [0.5, 0.6) is 0 Å². The Balaban J connectivity index is 1.98. The zero-order valence-electron chi connectivity index (χ0n) is 13.4. The Morgan fingerprint density at radius 2 is 1.81 bits per heavy atom. The molecule has 0 atom stereocenters. The van der Waals surface area contributed by atoms with Crippen LogP contribution in [-0.4, -0.2) is 9.13 Å². The van der Waals surface area contributed by atoms with Gasteiger partial charge >= 0.3 is 5.69 Å². The molecule has 0 unspecified atom stereocenters. The lowest BCUT2D eigenvalue weighted by Crippen LogP contribution is -2.38. The Morgan fingerprint density at radius 1 is 1.04 bits per heavy atom. The average Bonchev–Trinajstić information content (AvgIpc) is 3.10. The molecule has 2 heterocycles. The molecule has 0 fully saturated rings. The van der Waals surface area contributed by atoms with Gasteiger partial charge in [-0.15, -0.1) is 11.3 Å². The maximum absolute atomic E-state index is 13.2. The smallest absolute Gasteiger partial charge is 0.288 e. The molecular formula is C19H12ClFN2O2S. The number of thiophene rings is 1. The maximum Gasteiger partial charge on any atom is 0.336 e. The summed E-state index contributed by atoms with van der Waals surface area (Å²) in [5.41, 5.74) is 0.859. The van der Waals surface area contributed by atoms with E-state index < -0.39 is 17.1 Å². The molecule has 4 rings (SSSR count). The van der Waals surface area contributed by atoms with Crippen LogP contribution in [0.25, 0.3) is 15.9 Å². The third-order valence-electron chi connectivity index (χ3n) is 4.07. The minimum absolute atomic E-state index is 0.272. The normalized spacial score (nSPS) is 11.2. The summed E-state index contributed by atoms with van der Waals surface area (Å²) in [6.07, 6.45) is 0. The molecule has 0 amide bonds.